The van der Waals surface area contributed by atoms with Gasteiger partial charge in [-0.1, -0.05) is 11.6 Å². The van der Waals surface area contributed by atoms with Crippen molar-refractivity contribution < 1.29 is 14.3 Å². The van der Waals surface area contributed by atoms with Crippen LogP contribution in [0.25, 0.3) is 0 Å². The highest BCUT2D eigenvalue weighted by Crippen LogP contribution is 2.22. The van der Waals surface area contributed by atoms with Crippen LogP contribution in [-0.2, 0) is 9.53 Å². The second-order valence-corrected chi connectivity index (χ2v) is 6.10. The number of thiophene rings is 1. The fourth-order valence-corrected chi connectivity index (χ4v) is 2.83. The van der Waals surface area contributed by atoms with Gasteiger partial charge in [0.15, 0.2) is 11.7 Å². The van der Waals surface area contributed by atoms with Crippen molar-refractivity contribution in [3.63, 3.8) is 0 Å². The summed E-state index contributed by atoms with van der Waals surface area (Å²) in [6.07, 6.45) is 0. The summed E-state index contributed by atoms with van der Waals surface area (Å²) in [4.78, 5) is 27.5. The Morgan fingerprint density at radius 1 is 1.47 bits per heavy atom. The first-order valence-electron chi connectivity index (χ1n) is 5.19. The first-order valence-corrected chi connectivity index (χ1v) is 7.26. The molecule has 0 radical (unpaired) electrons. The maximum Gasteiger partial charge on any atom is 0.348 e. The van der Waals surface area contributed by atoms with Gasteiger partial charge in [0, 0.05) is 5.38 Å². The van der Waals surface area contributed by atoms with Crippen LogP contribution >= 0.6 is 34.3 Å². The van der Waals surface area contributed by atoms with Crippen molar-refractivity contribution in [3.05, 3.63) is 32.4 Å². The van der Waals surface area contributed by atoms with Gasteiger partial charge in [-0.15, -0.1) is 22.7 Å². The molecule has 0 saturated heterocycles. The van der Waals surface area contributed by atoms with Crippen molar-refractivity contribution >= 4 is 51.3 Å². The molecule has 2 rings (SSSR count). The number of hydrogen-bond acceptors (Lipinski definition) is 6. The monoisotopic (exact) mass is 316 g/mol. The number of halogens is 1. The van der Waals surface area contributed by atoms with Gasteiger partial charge in [0.05, 0.1) is 10.0 Å². The molecule has 2 aromatic heterocycles. The molecule has 100 valence electrons. The number of esters is 1. The second kappa shape index (κ2) is 6.14. The summed E-state index contributed by atoms with van der Waals surface area (Å²) in [7, 11) is 0. The van der Waals surface area contributed by atoms with Gasteiger partial charge in [-0.25, -0.2) is 9.78 Å². The zero-order chi connectivity index (χ0) is 13.8. The van der Waals surface area contributed by atoms with E-state index in [-0.39, 0.29) is 6.61 Å². The molecule has 2 aromatic rings. The van der Waals surface area contributed by atoms with Gasteiger partial charge in [0.1, 0.15) is 4.88 Å². The molecule has 19 heavy (non-hydrogen) atoms. The smallest absolute Gasteiger partial charge is 0.348 e. The van der Waals surface area contributed by atoms with E-state index in [4.69, 9.17) is 16.3 Å². The molecule has 2 heterocycles. The zero-order valence-corrected chi connectivity index (χ0v) is 12.2. The topological polar surface area (TPSA) is 68.3 Å². The van der Waals surface area contributed by atoms with Crippen molar-refractivity contribution in [2.75, 3.05) is 11.9 Å². The third-order valence-electron chi connectivity index (χ3n) is 1.97. The Bertz CT molecular complexity index is 609. The molecular weight excluding hydrogens is 308 g/mol. The van der Waals surface area contributed by atoms with Crippen LogP contribution in [0.4, 0.5) is 5.13 Å². The maximum absolute atomic E-state index is 11.6. The molecule has 0 aliphatic rings. The summed E-state index contributed by atoms with van der Waals surface area (Å²) in [5, 5.41) is 4.84. The van der Waals surface area contributed by atoms with E-state index in [1.165, 1.54) is 11.3 Å². The molecule has 0 aromatic carbocycles. The molecule has 0 saturated carbocycles. The molecule has 0 aliphatic heterocycles. The highest BCUT2D eigenvalue weighted by molar-refractivity contribution is 7.17. The van der Waals surface area contributed by atoms with E-state index >= 15 is 0 Å². The van der Waals surface area contributed by atoms with Crippen molar-refractivity contribution in [3.8, 4) is 0 Å². The summed E-state index contributed by atoms with van der Waals surface area (Å²) in [5.74, 6) is -0.993. The van der Waals surface area contributed by atoms with E-state index < -0.39 is 11.9 Å². The Kier molecular flexibility index (Phi) is 4.52. The number of hydrogen-bond donors (Lipinski definition) is 1. The predicted molar refractivity (Wildman–Crippen MR) is 75.1 cm³/mol. The molecular formula is C11H9ClN2O3S2. The lowest BCUT2D eigenvalue weighted by Crippen LogP contribution is -2.20. The van der Waals surface area contributed by atoms with Gasteiger partial charge < -0.3 is 4.74 Å². The lowest BCUT2D eigenvalue weighted by atomic mass is 10.5. The van der Waals surface area contributed by atoms with Crippen molar-refractivity contribution in [1.29, 1.82) is 0 Å². The first-order chi connectivity index (χ1) is 9.04. The number of rotatable bonds is 4. The van der Waals surface area contributed by atoms with Crippen LogP contribution in [0.15, 0.2) is 17.5 Å². The van der Waals surface area contributed by atoms with Crippen LogP contribution < -0.4 is 5.32 Å². The van der Waals surface area contributed by atoms with Crippen LogP contribution in [0.2, 0.25) is 4.34 Å². The average Bonchev–Trinajstić information content (AvgIpc) is 2.95. The minimum atomic E-state index is -0.567. The quantitative estimate of drug-likeness (QED) is 0.881. The minimum absolute atomic E-state index is 0.354. The van der Waals surface area contributed by atoms with Crippen LogP contribution in [0.1, 0.15) is 15.4 Å². The highest BCUT2D eigenvalue weighted by Gasteiger charge is 2.13. The molecule has 0 spiro atoms. The number of aromatic nitrogens is 1. The van der Waals surface area contributed by atoms with E-state index in [0.29, 0.717) is 14.3 Å². The fourth-order valence-electron chi connectivity index (χ4n) is 1.19. The predicted octanol–water partition coefficient (Wildman–Crippen LogP) is 2.96. The Balaban J connectivity index is 1.82. The molecule has 5 nitrogen and oxygen atoms in total. The molecule has 0 aliphatic carbocycles. The van der Waals surface area contributed by atoms with Gasteiger partial charge in [-0.05, 0) is 19.1 Å². The van der Waals surface area contributed by atoms with E-state index in [9.17, 15) is 9.59 Å². The van der Waals surface area contributed by atoms with Crippen LogP contribution in [0.3, 0.4) is 0 Å². The number of thiazole rings is 1. The number of carbonyl (C=O) groups excluding carboxylic acids is 2. The molecule has 8 heteroatoms. The Hall–Kier alpha value is -1.44. The lowest BCUT2D eigenvalue weighted by Gasteiger charge is -2.02. The number of ether oxygens (including phenoxy) is 1. The molecule has 1 N–H and O–H groups in total. The number of nitrogens with one attached hydrogen (secondary N) is 1. The molecule has 0 bridgehead atoms. The molecule has 0 atom stereocenters. The van der Waals surface area contributed by atoms with Gasteiger partial charge in [0.25, 0.3) is 5.91 Å². The molecule has 1 amide bonds. The largest absolute Gasteiger partial charge is 0.451 e. The summed E-state index contributed by atoms with van der Waals surface area (Å²) >= 11 is 8.12. The summed E-state index contributed by atoms with van der Waals surface area (Å²) in [5.41, 5.74) is 0.825. The maximum atomic E-state index is 11.6. The third-order valence-corrected chi connectivity index (χ3v) is 4.06. The first kappa shape index (κ1) is 14.0. The van der Waals surface area contributed by atoms with Gasteiger partial charge in [-0.2, -0.15) is 0 Å². The van der Waals surface area contributed by atoms with Crippen molar-refractivity contribution in [2.24, 2.45) is 0 Å². The Labute approximate surface area is 122 Å². The highest BCUT2D eigenvalue weighted by atomic mass is 35.5. The Morgan fingerprint density at radius 3 is 2.84 bits per heavy atom. The molecule has 0 unspecified atom stereocenters. The van der Waals surface area contributed by atoms with E-state index in [1.54, 1.807) is 12.1 Å². The van der Waals surface area contributed by atoms with E-state index in [0.717, 1.165) is 17.0 Å². The summed E-state index contributed by atoms with van der Waals surface area (Å²) in [6.45, 7) is 1.47. The SMILES string of the molecule is Cc1csc(NC(=O)COC(=O)c2ccc(Cl)s2)n1. The second-order valence-electron chi connectivity index (χ2n) is 3.52. The number of nitrogens with zero attached hydrogens (tertiary/aromatic N) is 1. The summed E-state index contributed by atoms with van der Waals surface area (Å²) < 4.78 is 5.35. The van der Waals surface area contributed by atoms with Crippen molar-refractivity contribution in [1.82, 2.24) is 4.98 Å². The van der Waals surface area contributed by atoms with Crippen LogP contribution in [0.5, 0.6) is 0 Å². The number of carbonyl (C=O) groups is 2. The fraction of sp³-hybridized carbons (Fsp3) is 0.182. The van der Waals surface area contributed by atoms with Gasteiger partial charge >= 0.3 is 5.97 Å². The minimum Gasteiger partial charge on any atom is -0.451 e. The zero-order valence-electron chi connectivity index (χ0n) is 9.81. The normalized spacial score (nSPS) is 10.2. The Morgan fingerprint density at radius 2 is 2.26 bits per heavy atom. The third kappa shape index (κ3) is 4.02. The van der Waals surface area contributed by atoms with Crippen molar-refractivity contribution in [2.45, 2.75) is 6.92 Å². The molecule has 0 fully saturated rings. The van der Waals surface area contributed by atoms with E-state index in [1.807, 2.05) is 12.3 Å². The average molecular weight is 317 g/mol. The van der Waals surface area contributed by atoms with Gasteiger partial charge in [0.2, 0.25) is 0 Å². The van der Waals surface area contributed by atoms with E-state index in [2.05, 4.69) is 10.3 Å². The standard InChI is InChI=1S/C11H9ClN2O3S2/c1-6-5-18-11(13-6)14-9(15)4-17-10(16)7-2-3-8(12)19-7/h2-3,5H,4H2,1H3,(H,13,14,15). The number of anilines is 1. The number of aryl methyl sites for hydroxylation is 1. The van der Waals surface area contributed by atoms with Crippen LogP contribution in [-0.4, -0.2) is 23.5 Å². The van der Waals surface area contributed by atoms with Gasteiger partial charge in [-0.3, -0.25) is 10.1 Å². The lowest BCUT2D eigenvalue weighted by molar-refractivity contribution is -0.119. The van der Waals surface area contributed by atoms with Crippen LogP contribution in [0, 0.1) is 6.92 Å². The number of amides is 1. The summed E-state index contributed by atoms with van der Waals surface area (Å²) in [6, 6.07) is 3.15.